The van der Waals surface area contributed by atoms with Crippen LogP contribution in [0, 0.1) is 13.8 Å². The van der Waals surface area contributed by atoms with Crippen molar-refractivity contribution >= 4 is 23.4 Å². The molecule has 0 spiro atoms. The van der Waals surface area contributed by atoms with E-state index in [2.05, 4.69) is 26.3 Å². The van der Waals surface area contributed by atoms with Crippen molar-refractivity contribution in [3.05, 3.63) is 60.0 Å². The molecule has 146 valence electrons. The van der Waals surface area contributed by atoms with Gasteiger partial charge in [0.05, 0.1) is 17.4 Å². The standard InChI is InChI=1S/C22H22N6O/c1-14-5-8-24-20(11-14)26-22(29)28-17-7-10-27(13-17)19-4-3-18(25-21(19)28)16-6-9-23-15(2)12-16/h3-6,8-9,11-12,17H,7,10,13H2,1-2H3,(H,24,26,29). The highest BCUT2D eigenvalue weighted by atomic mass is 16.2. The molecule has 0 aromatic carbocycles. The van der Waals surface area contributed by atoms with E-state index >= 15 is 0 Å². The number of hydrogen-bond donors (Lipinski definition) is 1. The Labute approximate surface area is 169 Å². The lowest BCUT2D eigenvalue weighted by atomic mass is 10.1. The number of carbonyl (C=O) groups excluding carboxylic acids is 1. The number of nitrogens with one attached hydrogen (secondary N) is 1. The van der Waals surface area contributed by atoms with E-state index in [-0.39, 0.29) is 12.1 Å². The van der Waals surface area contributed by atoms with Gasteiger partial charge in [0.15, 0.2) is 5.82 Å². The fourth-order valence-electron chi connectivity index (χ4n) is 4.11. The molecule has 2 aliphatic rings. The van der Waals surface area contributed by atoms with Crippen LogP contribution in [-0.2, 0) is 0 Å². The molecule has 2 amide bonds. The lowest BCUT2D eigenvalue weighted by molar-refractivity contribution is 0.254. The summed E-state index contributed by atoms with van der Waals surface area (Å²) in [6.45, 7) is 5.70. The van der Waals surface area contributed by atoms with Crippen LogP contribution in [0.3, 0.4) is 0 Å². The molecule has 5 rings (SSSR count). The summed E-state index contributed by atoms with van der Waals surface area (Å²) in [6.07, 6.45) is 4.41. The summed E-state index contributed by atoms with van der Waals surface area (Å²) >= 11 is 0. The number of pyridine rings is 3. The second-order valence-electron chi connectivity index (χ2n) is 7.63. The Morgan fingerprint density at radius 1 is 1.10 bits per heavy atom. The van der Waals surface area contributed by atoms with Gasteiger partial charge < -0.3 is 4.90 Å². The number of aromatic nitrogens is 3. The number of carbonyl (C=O) groups is 1. The summed E-state index contributed by atoms with van der Waals surface area (Å²) in [6, 6.07) is 11.7. The highest BCUT2D eigenvalue weighted by molar-refractivity contribution is 6.04. The molecule has 1 saturated heterocycles. The van der Waals surface area contributed by atoms with E-state index in [1.54, 1.807) is 17.3 Å². The van der Waals surface area contributed by atoms with Crippen LogP contribution in [-0.4, -0.2) is 40.1 Å². The maximum atomic E-state index is 13.2. The average Bonchev–Trinajstić information content (AvgIpc) is 3.12. The third-order valence-corrected chi connectivity index (χ3v) is 5.51. The molecule has 1 unspecified atom stereocenters. The van der Waals surface area contributed by atoms with Gasteiger partial charge in [0.25, 0.3) is 0 Å². The van der Waals surface area contributed by atoms with E-state index in [9.17, 15) is 4.79 Å². The van der Waals surface area contributed by atoms with Crippen LogP contribution in [0.25, 0.3) is 11.3 Å². The second-order valence-corrected chi connectivity index (χ2v) is 7.63. The van der Waals surface area contributed by atoms with Gasteiger partial charge in [0.2, 0.25) is 0 Å². The van der Waals surface area contributed by atoms with Crippen molar-refractivity contribution in [3.63, 3.8) is 0 Å². The monoisotopic (exact) mass is 386 g/mol. The number of aryl methyl sites for hydroxylation is 2. The zero-order chi connectivity index (χ0) is 20.0. The molecule has 1 fully saturated rings. The van der Waals surface area contributed by atoms with Gasteiger partial charge in [0, 0.05) is 36.7 Å². The molecule has 7 heteroatoms. The van der Waals surface area contributed by atoms with Crippen molar-refractivity contribution in [1.82, 2.24) is 15.0 Å². The molecular weight excluding hydrogens is 364 g/mol. The first-order chi connectivity index (χ1) is 14.1. The molecule has 2 aliphatic heterocycles. The molecule has 29 heavy (non-hydrogen) atoms. The zero-order valence-electron chi connectivity index (χ0n) is 16.5. The van der Waals surface area contributed by atoms with Crippen LogP contribution >= 0.6 is 0 Å². The highest BCUT2D eigenvalue weighted by Crippen LogP contribution is 2.40. The van der Waals surface area contributed by atoms with Crippen molar-refractivity contribution in [2.75, 3.05) is 28.2 Å². The lowest BCUT2D eigenvalue weighted by Gasteiger charge is -2.35. The molecule has 3 aromatic heterocycles. The SMILES string of the molecule is Cc1ccnc(NC(=O)N2c3nc(-c4ccnc(C)c4)ccc3N3CCC2C3)c1. The number of hydrogen-bond acceptors (Lipinski definition) is 5. The van der Waals surface area contributed by atoms with Gasteiger partial charge in [-0.2, -0.15) is 0 Å². The predicted molar refractivity (Wildman–Crippen MR) is 113 cm³/mol. The van der Waals surface area contributed by atoms with Crippen LogP contribution in [0.15, 0.2) is 48.8 Å². The molecule has 7 nitrogen and oxygen atoms in total. The van der Waals surface area contributed by atoms with Gasteiger partial charge in [-0.1, -0.05) is 0 Å². The minimum absolute atomic E-state index is 0.106. The summed E-state index contributed by atoms with van der Waals surface area (Å²) in [5.41, 5.74) is 4.82. The fraction of sp³-hybridized carbons (Fsp3) is 0.273. The van der Waals surface area contributed by atoms with Gasteiger partial charge in [-0.3, -0.25) is 15.2 Å². The predicted octanol–water partition coefficient (Wildman–Crippen LogP) is 3.79. The summed E-state index contributed by atoms with van der Waals surface area (Å²) in [4.78, 5) is 30.8. The summed E-state index contributed by atoms with van der Waals surface area (Å²) < 4.78 is 0. The molecule has 1 atom stereocenters. The second kappa shape index (κ2) is 6.84. The van der Waals surface area contributed by atoms with Crippen molar-refractivity contribution in [2.24, 2.45) is 0 Å². The van der Waals surface area contributed by atoms with Crippen molar-refractivity contribution in [1.29, 1.82) is 0 Å². The number of anilines is 3. The highest BCUT2D eigenvalue weighted by Gasteiger charge is 2.40. The molecule has 3 aromatic rings. The normalized spacial score (nSPS) is 17.2. The van der Waals surface area contributed by atoms with Gasteiger partial charge in [0.1, 0.15) is 5.82 Å². The number of urea groups is 1. The minimum atomic E-state index is -0.188. The Balaban J connectivity index is 1.53. The third kappa shape index (κ3) is 3.18. The number of fused-ring (bicyclic) bond motifs is 4. The van der Waals surface area contributed by atoms with E-state index in [0.717, 1.165) is 47.7 Å². The quantitative estimate of drug-likeness (QED) is 0.725. The van der Waals surface area contributed by atoms with Crippen LogP contribution in [0.2, 0.25) is 0 Å². The Hall–Kier alpha value is -3.48. The van der Waals surface area contributed by atoms with Crippen molar-refractivity contribution < 1.29 is 4.79 Å². The first kappa shape index (κ1) is 17.6. The zero-order valence-corrected chi connectivity index (χ0v) is 16.5. The first-order valence-electron chi connectivity index (χ1n) is 9.80. The van der Waals surface area contributed by atoms with Crippen LogP contribution in [0.1, 0.15) is 17.7 Å². The maximum Gasteiger partial charge on any atom is 0.329 e. The van der Waals surface area contributed by atoms with Crippen LogP contribution in [0.4, 0.5) is 22.1 Å². The molecule has 1 N–H and O–H groups in total. The topological polar surface area (TPSA) is 74.2 Å². The Morgan fingerprint density at radius 3 is 2.79 bits per heavy atom. The molecule has 0 saturated carbocycles. The van der Waals surface area contributed by atoms with Gasteiger partial charge >= 0.3 is 6.03 Å². The first-order valence-corrected chi connectivity index (χ1v) is 9.80. The minimum Gasteiger partial charge on any atom is -0.366 e. The maximum absolute atomic E-state index is 13.2. The van der Waals surface area contributed by atoms with Gasteiger partial charge in [-0.05, 0) is 62.2 Å². The summed E-state index contributed by atoms with van der Waals surface area (Å²) in [7, 11) is 0. The van der Waals surface area contributed by atoms with Gasteiger partial charge in [-0.25, -0.2) is 14.8 Å². The fourth-order valence-corrected chi connectivity index (χ4v) is 4.11. The lowest BCUT2D eigenvalue weighted by Crippen LogP contribution is -2.48. The number of rotatable bonds is 2. The van der Waals surface area contributed by atoms with E-state index < -0.39 is 0 Å². The average molecular weight is 386 g/mol. The summed E-state index contributed by atoms with van der Waals surface area (Å²) in [5, 5.41) is 2.95. The number of amides is 2. The Kier molecular flexibility index (Phi) is 4.16. The van der Waals surface area contributed by atoms with Crippen molar-refractivity contribution in [2.45, 2.75) is 26.3 Å². The Bertz CT molecular complexity index is 1100. The molecule has 2 bridgehead atoms. The number of nitrogens with zero attached hydrogens (tertiary/aromatic N) is 5. The third-order valence-electron chi connectivity index (χ3n) is 5.51. The molecule has 5 heterocycles. The van der Waals surface area contributed by atoms with E-state index in [1.807, 2.05) is 44.2 Å². The molecule has 0 aliphatic carbocycles. The molecule has 0 radical (unpaired) electrons. The summed E-state index contributed by atoms with van der Waals surface area (Å²) in [5.74, 6) is 1.26. The van der Waals surface area contributed by atoms with Crippen LogP contribution < -0.4 is 15.1 Å². The smallest absolute Gasteiger partial charge is 0.329 e. The Morgan fingerprint density at radius 2 is 1.97 bits per heavy atom. The van der Waals surface area contributed by atoms with E-state index in [4.69, 9.17) is 4.98 Å². The van der Waals surface area contributed by atoms with E-state index in [1.165, 1.54) is 0 Å². The van der Waals surface area contributed by atoms with E-state index in [0.29, 0.717) is 11.6 Å². The van der Waals surface area contributed by atoms with Gasteiger partial charge in [-0.15, -0.1) is 0 Å². The molecular formula is C22H22N6O. The van der Waals surface area contributed by atoms with Crippen molar-refractivity contribution in [3.8, 4) is 11.3 Å². The largest absolute Gasteiger partial charge is 0.366 e. The van der Waals surface area contributed by atoms with Crippen LogP contribution in [0.5, 0.6) is 0 Å².